The summed E-state index contributed by atoms with van der Waals surface area (Å²) in [5.74, 6) is 0.157. The van der Waals surface area contributed by atoms with Crippen LogP contribution in [-0.4, -0.2) is 49.1 Å². The fraction of sp³-hybridized carbons (Fsp3) is 0.882. The molecule has 0 aromatic heterocycles. The highest BCUT2D eigenvalue weighted by Gasteiger charge is 2.32. The van der Waals surface area contributed by atoms with E-state index in [1.54, 1.807) is 0 Å². The minimum atomic E-state index is -0.144. The maximum absolute atomic E-state index is 12.1. The van der Waals surface area contributed by atoms with Crippen LogP contribution >= 0.6 is 0 Å². The standard InChI is InChI=1S/C17H32N2O3/c1-4-7-11-18-16(20)14-9-12-19(13-10-14)15(8-5-2)17(21)22-6-3/h14-15H,4-13H2,1-3H3,(H,18,20)/t15-/m0/s1. The molecule has 0 aliphatic carbocycles. The van der Waals surface area contributed by atoms with E-state index in [2.05, 4.69) is 24.1 Å². The van der Waals surface area contributed by atoms with Crippen LogP contribution in [0.25, 0.3) is 0 Å². The maximum atomic E-state index is 12.1. The molecule has 5 nitrogen and oxygen atoms in total. The Kier molecular flexibility index (Phi) is 9.13. The molecule has 1 N–H and O–H groups in total. The van der Waals surface area contributed by atoms with Crippen LogP contribution in [0, 0.1) is 5.92 Å². The number of hydrogen-bond acceptors (Lipinski definition) is 4. The molecule has 0 aromatic rings. The predicted molar refractivity (Wildman–Crippen MR) is 87.5 cm³/mol. The lowest BCUT2D eigenvalue weighted by molar-refractivity contribution is -0.150. The molecule has 0 radical (unpaired) electrons. The number of piperidine rings is 1. The summed E-state index contributed by atoms with van der Waals surface area (Å²) in [4.78, 5) is 26.4. The van der Waals surface area contributed by atoms with Crippen molar-refractivity contribution >= 4 is 11.9 Å². The second-order valence-electron chi connectivity index (χ2n) is 6.01. The molecular formula is C17H32N2O3. The van der Waals surface area contributed by atoms with Crippen LogP contribution in [-0.2, 0) is 14.3 Å². The van der Waals surface area contributed by atoms with Gasteiger partial charge in [-0.1, -0.05) is 26.7 Å². The van der Waals surface area contributed by atoms with Crippen molar-refractivity contribution in [1.29, 1.82) is 0 Å². The number of hydrogen-bond donors (Lipinski definition) is 1. The first kappa shape index (κ1) is 18.9. The van der Waals surface area contributed by atoms with E-state index in [9.17, 15) is 9.59 Å². The Morgan fingerprint density at radius 2 is 1.86 bits per heavy atom. The van der Waals surface area contributed by atoms with Gasteiger partial charge in [-0.3, -0.25) is 14.5 Å². The van der Waals surface area contributed by atoms with Crippen molar-refractivity contribution in [2.75, 3.05) is 26.2 Å². The molecule has 1 amide bonds. The number of amides is 1. The average Bonchev–Trinajstić information content (AvgIpc) is 2.53. The summed E-state index contributed by atoms with van der Waals surface area (Å²) in [6.45, 7) is 8.85. The molecule has 0 aromatic carbocycles. The van der Waals surface area contributed by atoms with Crippen LogP contribution in [0.1, 0.15) is 59.3 Å². The van der Waals surface area contributed by atoms with E-state index >= 15 is 0 Å². The van der Waals surface area contributed by atoms with Crippen LogP contribution in [0.2, 0.25) is 0 Å². The molecule has 1 aliphatic heterocycles. The van der Waals surface area contributed by atoms with Crippen LogP contribution in [0.15, 0.2) is 0 Å². The molecule has 0 spiro atoms. The normalized spacial score (nSPS) is 18.0. The molecule has 1 fully saturated rings. The summed E-state index contributed by atoms with van der Waals surface area (Å²) in [7, 11) is 0. The molecule has 1 aliphatic rings. The van der Waals surface area contributed by atoms with E-state index in [4.69, 9.17) is 4.74 Å². The summed E-state index contributed by atoms with van der Waals surface area (Å²) in [5.41, 5.74) is 0. The number of ether oxygens (including phenoxy) is 1. The van der Waals surface area contributed by atoms with Crippen molar-refractivity contribution in [1.82, 2.24) is 10.2 Å². The molecule has 0 unspecified atom stereocenters. The van der Waals surface area contributed by atoms with Gasteiger partial charge in [0.25, 0.3) is 0 Å². The average molecular weight is 312 g/mol. The van der Waals surface area contributed by atoms with Gasteiger partial charge in [0.1, 0.15) is 6.04 Å². The Morgan fingerprint density at radius 3 is 2.41 bits per heavy atom. The first-order valence-electron chi connectivity index (χ1n) is 8.82. The van der Waals surface area contributed by atoms with Crippen LogP contribution in [0.4, 0.5) is 0 Å². The van der Waals surface area contributed by atoms with E-state index < -0.39 is 0 Å². The quantitative estimate of drug-likeness (QED) is 0.524. The third-order valence-corrected chi connectivity index (χ3v) is 4.29. The van der Waals surface area contributed by atoms with Crippen molar-refractivity contribution in [3.8, 4) is 0 Å². The summed E-state index contributed by atoms with van der Waals surface area (Å²) in [5, 5.41) is 3.02. The van der Waals surface area contributed by atoms with Gasteiger partial charge >= 0.3 is 5.97 Å². The Labute approximate surface area is 134 Å². The SMILES string of the molecule is CCCCNC(=O)C1CCN([C@@H](CCC)C(=O)OCC)CC1. The van der Waals surface area contributed by atoms with Crippen molar-refractivity contribution < 1.29 is 14.3 Å². The summed E-state index contributed by atoms with van der Waals surface area (Å²) in [6, 6.07) is -0.144. The lowest BCUT2D eigenvalue weighted by Gasteiger charge is -2.35. The molecule has 0 saturated carbocycles. The van der Waals surface area contributed by atoms with Gasteiger partial charge in [-0.2, -0.15) is 0 Å². The second-order valence-corrected chi connectivity index (χ2v) is 6.01. The van der Waals surface area contributed by atoms with Crippen LogP contribution in [0.3, 0.4) is 0 Å². The second kappa shape index (κ2) is 10.6. The number of esters is 1. The van der Waals surface area contributed by atoms with Gasteiger partial charge in [0.05, 0.1) is 6.61 Å². The lowest BCUT2D eigenvalue weighted by atomic mass is 9.94. The number of unbranched alkanes of at least 4 members (excludes halogenated alkanes) is 1. The first-order valence-corrected chi connectivity index (χ1v) is 8.82. The third-order valence-electron chi connectivity index (χ3n) is 4.29. The predicted octanol–water partition coefficient (Wildman–Crippen LogP) is 2.35. The van der Waals surface area contributed by atoms with Crippen molar-refractivity contribution in [2.24, 2.45) is 5.92 Å². The number of nitrogens with one attached hydrogen (secondary N) is 1. The summed E-state index contributed by atoms with van der Waals surface area (Å²) < 4.78 is 5.19. The molecule has 0 bridgehead atoms. The van der Waals surface area contributed by atoms with Gasteiger partial charge in [0.15, 0.2) is 0 Å². The first-order chi connectivity index (χ1) is 10.6. The minimum Gasteiger partial charge on any atom is -0.465 e. The molecular weight excluding hydrogens is 280 g/mol. The number of likely N-dealkylation sites (tertiary alicyclic amines) is 1. The fourth-order valence-corrected chi connectivity index (χ4v) is 2.97. The van der Waals surface area contributed by atoms with E-state index in [-0.39, 0.29) is 23.8 Å². The van der Waals surface area contributed by atoms with Gasteiger partial charge < -0.3 is 10.1 Å². The zero-order valence-electron chi connectivity index (χ0n) is 14.4. The van der Waals surface area contributed by atoms with Gasteiger partial charge in [-0.25, -0.2) is 0 Å². The Balaban J connectivity index is 2.44. The minimum absolute atomic E-state index is 0.0950. The summed E-state index contributed by atoms with van der Waals surface area (Å²) in [6.07, 6.45) is 5.57. The zero-order chi connectivity index (χ0) is 16.4. The van der Waals surface area contributed by atoms with E-state index in [1.165, 1.54) is 0 Å². The topological polar surface area (TPSA) is 58.6 Å². The van der Waals surface area contributed by atoms with Gasteiger partial charge in [-0.15, -0.1) is 0 Å². The number of carbonyl (C=O) groups is 2. The van der Waals surface area contributed by atoms with E-state index in [0.29, 0.717) is 6.61 Å². The van der Waals surface area contributed by atoms with Crippen LogP contribution < -0.4 is 5.32 Å². The van der Waals surface area contributed by atoms with Gasteiger partial charge in [-0.05, 0) is 45.7 Å². The van der Waals surface area contributed by atoms with Crippen molar-refractivity contribution in [2.45, 2.75) is 65.3 Å². The largest absolute Gasteiger partial charge is 0.465 e. The highest BCUT2D eigenvalue weighted by Crippen LogP contribution is 2.21. The molecule has 5 heteroatoms. The van der Waals surface area contributed by atoms with E-state index in [0.717, 1.165) is 58.2 Å². The lowest BCUT2D eigenvalue weighted by Crippen LogP contribution is -2.48. The molecule has 1 saturated heterocycles. The smallest absolute Gasteiger partial charge is 0.323 e. The molecule has 1 atom stereocenters. The number of nitrogens with zero attached hydrogens (tertiary/aromatic N) is 1. The maximum Gasteiger partial charge on any atom is 0.323 e. The molecule has 1 heterocycles. The third kappa shape index (κ3) is 5.95. The van der Waals surface area contributed by atoms with Crippen molar-refractivity contribution in [3.63, 3.8) is 0 Å². The van der Waals surface area contributed by atoms with Gasteiger partial charge in [0, 0.05) is 12.5 Å². The Hall–Kier alpha value is -1.10. The zero-order valence-corrected chi connectivity index (χ0v) is 14.4. The van der Waals surface area contributed by atoms with Crippen molar-refractivity contribution in [3.05, 3.63) is 0 Å². The Morgan fingerprint density at radius 1 is 1.18 bits per heavy atom. The van der Waals surface area contributed by atoms with Gasteiger partial charge in [0.2, 0.25) is 5.91 Å². The fourth-order valence-electron chi connectivity index (χ4n) is 2.97. The number of carbonyl (C=O) groups excluding carboxylic acids is 2. The Bertz CT molecular complexity index is 339. The molecule has 1 rings (SSSR count). The number of rotatable bonds is 9. The van der Waals surface area contributed by atoms with Crippen LogP contribution in [0.5, 0.6) is 0 Å². The molecule has 128 valence electrons. The van der Waals surface area contributed by atoms with E-state index in [1.807, 2.05) is 6.92 Å². The monoisotopic (exact) mass is 312 g/mol. The highest BCUT2D eigenvalue weighted by molar-refractivity contribution is 5.79. The summed E-state index contributed by atoms with van der Waals surface area (Å²) >= 11 is 0. The highest BCUT2D eigenvalue weighted by atomic mass is 16.5. The molecule has 22 heavy (non-hydrogen) atoms.